The van der Waals surface area contributed by atoms with Crippen molar-refractivity contribution < 1.29 is 19.0 Å². The van der Waals surface area contributed by atoms with Crippen molar-refractivity contribution in [2.45, 2.75) is 56.2 Å². The highest BCUT2D eigenvalue weighted by atomic mass is 16.5. The second-order valence-electron chi connectivity index (χ2n) is 11.6. The molecule has 0 radical (unpaired) electrons. The van der Waals surface area contributed by atoms with Gasteiger partial charge in [0, 0.05) is 17.8 Å². The van der Waals surface area contributed by atoms with Crippen LogP contribution in [0.25, 0.3) is 0 Å². The molecular formula is C33H34N2O4. The Morgan fingerprint density at radius 2 is 1.74 bits per heavy atom. The maximum atomic E-state index is 14.6. The summed E-state index contributed by atoms with van der Waals surface area (Å²) in [5, 5.41) is 3.94. The average Bonchev–Trinajstić information content (AvgIpc) is 3.53. The van der Waals surface area contributed by atoms with Crippen LogP contribution >= 0.6 is 0 Å². The highest BCUT2D eigenvalue weighted by molar-refractivity contribution is 6.00. The van der Waals surface area contributed by atoms with Crippen molar-refractivity contribution in [1.29, 1.82) is 0 Å². The maximum absolute atomic E-state index is 14.6. The molecule has 0 spiro atoms. The molecule has 1 amide bonds. The van der Waals surface area contributed by atoms with Crippen molar-refractivity contribution in [1.82, 2.24) is 10.2 Å². The van der Waals surface area contributed by atoms with Crippen LogP contribution in [0.2, 0.25) is 0 Å². The number of ether oxygens (including phenoxy) is 3. The zero-order valence-electron chi connectivity index (χ0n) is 23.1. The number of carbonyl (C=O) groups is 1. The fourth-order valence-electron chi connectivity index (χ4n) is 7.85. The Morgan fingerprint density at radius 1 is 1.00 bits per heavy atom. The van der Waals surface area contributed by atoms with Gasteiger partial charge >= 0.3 is 0 Å². The number of aryl methyl sites for hydroxylation is 1. The van der Waals surface area contributed by atoms with Crippen molar-refractivity contribution in [2.75, 3.05) is 20.8 Å². The van der Waals surface area contributed by atoms with E-state index in [1.54, 1.807) is 14.2 Å². The molecule has 39 heavy (non-hydrogen) atoms. The second kappa shape index (κ2) is 8.04. The molecular weight excluding hydrogens is 488 g/mol. The number of fused-ring (bicyclic) bond motifs is 5. The van der Waals surface area contributed by atoms with E-state index in [1.807, 2.05) is 35.2 Å². The lowest BCUT2D eigenvalue weighted by Crippen LogP contribution is -2.60. The number of nitrogens with one attached hydrogen (secondary N) is 1. The van der Waals surface area contributed by atoms with Gasteiger partial charge in [-0.05, 0) is 74.6 Å². The van der Waals surface area contributed by atoms with Crippen molar-refractivity contribution in [3.8, 4) is 17.2 Å². The van der Waals surface area contributed by atoms with Crippen LogP contribution in [0.1, 0.15) is 54.9 Å². The standard InChI is InChI=1S/C33H34N2O4/c1-20-18-24(38-5)28-25(19-20)39-33(22-12-14-23(37-4)15-13-22)27(21-10-7-6-8-11-21)26-29(32(28,33)3)34-31(2)16-9-17-35(31)30(26)36/h6-8,10-15,18-19,27,34H,9,16-17H2,1-5H3/t27-,31+,32-,33?/m1/s1. The number of methoxy groups -OCH3 is 2. The molecule has 0 saturated carbocycles. The number of benzene rings is 3. The van der Waals surface area contributed by atoms with E-state index in [0.29, 0.717) is 0 Å². The van der Waals surface area contributed by atoms with E-state index in [9.17, 15) is 4.79 Å². The molecule has 1 unspecified atom stereocenters. The van der Waals surface area contributed by atoms with Crippen molar-refractivity contribution in [2.24, 2.45) is 0 Å². The van der Waals surface area contributed by atoms with Crippen LogP contribution in [0.4, 0.5) is 0 Å². The predicted octanol–water partition coefficient (Wildman–Crippen LogP) is 5.55. The number of hydrogen-bond donors (Lipinski definition) is 1. The van der Waals surface area contributed by atoms with Crippen LogP contribution in [0, 0.1) is 6.92 Å². The predicted molar refractivity (Wildman–Crippen MR) is 149 cm³/mol. The molecule has 1 saturated heterocycles. The fraction of sp³-hybridized carbons (Fsp3) is 0.364. The smallest absolute Gasteiger partial charge is 0.254 e. The number of nitrogens with zero attached hydrogens (tertiary/aromatic N) is 1. The summed E-state index contributed by atoms with van der Waals surface area (Å²) in [6.07, 6.45) is 1.87. The first-order valence-corrected chi connectivity index (χ1v) is 13.7. The Morgan fingerprint density at radius 3 is 2.44 bits per heavy atom. The first-order chi connectivity index (χ1) is 18.8. The number of hydrogen-bond acceptors (Lipinski definition) is 5. The Bertz CT molecular complexity index is 1530. The quantitative estimate of drug-likeness (QED) is 0.487. The van der Waals surface area contributed by atoms with E-state index in [-0.39, 0.29) is 11.8 Å². The first-order valence-electron chi connectivity index (χ1n) is 13.7. The molecule has 4 aliphatic rings. The normalized spacial score (nSPS) is 30.2. The molecule has 3 aliphatic heterocycles. The van der Waals surface area contributed by atoms with Gasteiger partial charge in [-0.2, -0.15) is 0 Å². The second-order valence-corrected chi connectivity index (χ2v) is 11.6. The van der Waals surface area contributed by atoms with Gasteiger partial charge in [-0.15, -0.1) is 0 Å². The van der Waals surface area contributed by atoms with Gasteiger partial charge in [-0.1, -0.05) is 42.5 Å². The van der Waals surface area contributed by atoms with Crippen LogP contribution < -0.4 is 19.5 Å². The lowest BCUT2D eigenvalue weighted by Gasteiger charge is -2.45. The minimum absolute atomic E-state index is 0.0948. The number of amides is 1. The molecule has 3 heterocycles. The summed E-state index contributed by atoms with van der Waals surface area (Å²) < 4.78 is 18.9. The summed E-state index contributed by atoms with van der Waals surface area (Å²) in [5.41, 5.74) is 3.68. The summed E-state index contributed by atoms with van der Waals surface area (Å²) in [7, 11) is 3.39. The van der Waals surface area contributed by atoms with Crippen LogP contribution in [0.3, 0.4) is 0 Å². The Kier molecular flexibility index (Phi) is 4.98. The van der Waals surface area contributed by atoms with Gasteiger partial charge in [-0.25, -0.2) is 0 Å². The minimum atomic E-state index is -0.937. The summed E-state index contributed by atoms with van der Waals surface area (Å²) in [6, 6.07) is 22.6. The average molecular weight is 523 g/mol. The molecule has 7 rings (SSSR count). The fourth-order valence-corrected chi connectivity index (χ4v) is 7.85. The van der Waals surface area contributed by atoms with Gasteiger partial charge in [0.25, 0.3) is 5.91 Å². The molecule has 200 valence electrons. The molecule has 6 heteroatoms. The summed E-state index contributed by atoms with van der Waals surface area (Å²) in [6.45, 7) is 7.18. The van der Waals surface area contributed by atoms with E-state index < -0.39 is 16.7 Å². The van der Waals surface area contributed by atoms with Gasteiger partial charge in [0.1, 0.15) is 22.9 Å². The van der Waals surface area contributed by atoms with Gasteiger partial charge in [-0.3, -0.25) is 4.79 Å². The largest absolute Gasteiger partial charge is 0.497 e. The van der Waals surface area contributed by atoms with Crippen molar-refractivity contribution in [3.63, 3.8) is 0 Å². The Labute approximate surface area is 229 Å². The minimum Gasteiger partial charge on any atom is -0.497 e. The van der Waals surface area contributed by atoms with Gasteiger partial charge < -0.3 is 24.4 Å². The molecule has 1 aliphatic carbocycles. The third kappa shape index (κ3) is 2.89. The SMILES string of the molecule is COc1ccc(C23Oc4cc(C)cc(OC)c4[C@]2(C)C2=C(C(=O)N4CCC[C@@]4(C)N2)[C@H]3c2ccccc2)cc1. The molecule has 1 N–H and O–H groups in total. The zero-order valence-corrected chi connectivity index (χ0v) is 23.1. The maximum Gasteiger partial charge on any atom is 0.254 e. The van der Waals surface area contributed by atoms with E-state index in [4.69, 9.17) is 14.2 Å². The van der Waals surface area contributed by atoms with Crippen LogP contribution in [0.5, 0.6) is 17.2 Å². The molecule has 1 fully saturated rings. The molecule has 0 aromatic heterocycles. The Hall–Kier alpha value is -3.93. The Balaban J connectivity index is 1.60. The molecule has 0 bridgehead atoms. The van der Waals surface area contributed by atoms with Gasteiger partial charge in [0.05, 0.1) is 31.1 Å². The van der Waals surface area contributed by atoms with Crippen LogP contribution in [-0.2, 0) is 15.8 Å². The molecule has 3 aromatic carbocycles. The third-order valence-electron chi connectivity index (χ3n) is 9.57. The molecule has 4 atom stereocenters. The molecule has 6 nitrogen and oxygen atoms in total. The van der Waals surface area contributed by atoms with Crippen molar-refractivity contribution >= 4 is 5.91 Å². The zero-order chi connectivity index (χ0) is 27.2. The molecule has 3 aromatic rings. The van der Waals surface area contributed by atoms with Crippen LogP contribution in [-0.4, -0.2) is 37.2 Å². The third-order valence-corrected chi connectivity index (χ3v) is 9.57. The van der Waals surface area contributed by atoms with Gasteiger partial charge in [0.15, 0.2) is 5.60 Å². The highest BCUT2D eigenvalue weighted by Crippen LogP contribution is 2.71. The lowest BCUT2D eigenvalue weighted by molar-refractivity contribution is -0.133. The van der Waals surface area contributed by atoms with E-state index in [1.165, 1.54) is 0 Å². The number of rotatable bonds is 4. The summed E-state index contributed by atoms with van der Waals surface area (Å²) >= 11 is 0. The van der Waals surface area contributed by atoms with E-state index in [2.05, 4.69) is 62.5 Å². The van der Waals surface area contributed by atoms with Crippen LogP contribution in [0.15, 0.2) is 78.0 Å². The lowest BCUT2D eigenvalue weighted by atomic mass is 9.63. The van der Waals surface area contributed by atoms with E-state index >= 15 is 0 Å². The summed E-state index contributed by atoms with van der Waals surface area (Å²) in [5.74, 6) is 2.09. The van der Waals surface area contributed by atoms with E-state index in [0.717, 1.165) is 70.2 Å². The topological polar surface area (TPSA) is 60.0 Å². The summed E-state index contributed by atoms with van der Waals surface area (Å²) in [4.78, 5) is 16.6. The number of carbonyl (C=O) groups excluding carboxylic acids is 1. The highest BCUT2D eigenvalue weighted by Gasteiger charge is 2.73. The van der Waals surface area contributed by atoms with Gasteiger partial charge in [0.2, 0.25) is 0 Å². The van der Waals surface area contributed by atoms with Crippen molar-refractivity contribution in [3.05, 3.63) is 100 Å². The monoisotopic (exact) mass is 522 g/mol. The first kappa shape index (κ1) is 24.1.